The minimum absolute atomic E-state index is 0.124. The summed E-state index contributed by atoms with van der Waals surface area (Å²) >= 11 is 0. The average Bonchev–Trinajstić information content (AvgIpc) is 2.47. The van der Waals surface area contributed by atoms with E-state index in [0.717, 1.165) is 6.20 Å². The number of hydrogen-bond acceptors (Lipinski definition) is 4. The molecular formula is C14H14FNO3. The van der Waals surface area contributed by atoms with Gasteiger partial charge in [-0.2, -0.15) is 0 Å². The first-order valence-corrected chi connectivity index (χ1v) is 5.67. The first-order chi connectivity index (χ1) is 9.19. The Morgan fingerprint density at radius 2 is 1.95 bits per heavy atom. The van der Waals surface area contributed by atoms with E-state index in [0.29, 0.717) is 28.3 Å². The van der Waals surface area contributed by atoms with Crippen LogP contribution in [0.2, 0.25) is 0 Å². The Labute approximate surface area is 110 Å². The highest BCUT2D eigenvalue weighted by molar-refractivity contribution is 5.72. The number of halogens is 1. The molecule has 0 aliphatic heterocycles. The zero-order valence-corrected chi connectivity index (χ0v) is 10.7. The van der Waals surface area contributed by atoms with Crippen molar-refractivity contribution in [2.75, 3.05) is 14.2 Å². The number of rotatable bonds is 4. The molecule has 0 saturated heterocycles. The maximum absolute atomic E-state index is 13.9. The van der Waals surface area contributed by atoms with Gasteiger partial charge in [-0.1, -0.05) is 6.07 Å². The van der Waals surface area contributed by atoms with E-state index in [4.69, 9.17) is 9.47 Å². The van der Waals surface area contributed by atoms with Gasteiger partial charge in [-0.3, -0.25) is 0 Å². The largest absolute Gasteiger partial charge is 0.496 e. The quantitative estimate of drug-likeness (QED) is 0.920. The number of aliphatic hydroxyl groups is 1. The number of aromatic nitrogens is 1. The summed E-state index contributed by atoms with van der Waals surface area (Å²) < 4.78 is 24.1. The highest BCUT2D eigenvalue weighted by atomic mass is 19.1. The Hall–Kier alpha value is -2.14. The zero-order chi connectivity index (χ0) is 13.8. The Morgan fingerprint density at radius 3 is 2.58 bits per heavy atom. The first kappa shape index (κ1) is 13.3. The third-order valence-electron chi connectivity index (χ3n) is 2.78. The molecule has 0 aliphatic rings. The number of nitrogens with zero attached hydrogens (tertiary/aromatic N) is 1. The second kappa shape index (κ2) is 5.67. The average molecular weight is 263 g/mol. The van der Waals surface area contributed by atoms with Crippen LogP contribution < -0.4 is 9.47 Å². The van der Waals surface area contributed by atoms with Gasteiger partial charge in [0, 0.05) is 17.2 Å². The van der Waals surface area contributed by atoms with Crippen LogP contribution in [-0.2, 0) is 6.61 Å². The van der Waals surface area contributed by atoms with Crippen molar-refractivity contribution in [3.8, 4) is 22.8 Å². The fourth-order valence-corrected chi connectivity index (χ4v) is 1.80. The van der Waals surface area contributed by atoms with Crippen LogP contribution in [0.25, 0.3) is 11.1 Å². The van der Waals surface area contributed by atoms with Gasteiger partial charge in [0.05, 0.1) is 27.0 Å². The molecule has 0 atom stereocenters. The molecule has 0 saturated carbocycles. The molecular weight excluding hydrogens is 249 g/mol. The summed E-state index contributed by atoms with van der Waals surface area (Å²) in [6.07, 6.45) is 1.10. The molecule has 100 valence electrons. The second-order valence-electron chi connectivity index (χ2n) is 3.90. The fraction of sp³-hybridized carbons (Fsp3) is 0.214. The number of pyridine rings is 1. The molecule has 2 rings (SSSR count). The van der Waals surface area contributed by atoms with E-state index >= 15 is 0 Å². The molecule has 0 fully saturated rings. The van der Waals surface area contributed by atoms with E-state index in [-0.39, 0.29) is 6.61 Å². The highest BCUT2D eigenvalue weighted by Gasteiger charge is 2.13. The van der Waals surface area contributed by atoms with Crippen LogP contribution in [-0.4, -0.2) is 24.3 Å². The van der Waals surface area contributed by atoms with Crippen LogP contribution in [0.5, 0.6) is 11.6 Å². The van der Waals surface area contributed by atoms with Crippen molar-refractivity contribution in [2.45, 2.75) is 6.61 Å². The van der Waals surface area contributed by atoms with Gasteiger partial charge in [-0.25, -0.2) is 9.37 Å². The topological polar surface area (TPSA) is 51.6 Å². The number of ether oxygens (including phenoxy) is 2. The van der Waals surface area contributed by atoms with E-state index in [1.165, 1.54) is 20.3 Å². The van der Waals surface area contributed by atoms with Crippen molar-refractivity contribution in [3.63, 3.8) is 0 Å². The lowest BCUT2D eigenvalue weighted by Crippen LogP contribution is -1.95. The molecule has 0 amide bonds. The van der Waals surface area contributed by atoms with Gasteiger partial charge >= 0.3 is 0 Å². The van der Waals surface area contributed by atoms with Crippen LogP contribution in [0.15, 0.2) is 30.5 Å². The third-order valence-corrected chi connectivity index (χ3v) is 2.78. The maximum atomic E-state index is 13.9. The molecule has 19 heavy (non-hydrogen) atoms. The lowest BCUT2D eigenvalue weighted by atomic mass is 10.0. The van der Waals surface area contributed by atoms with Gasteiger partial charge in [-0.05, 0) is 17.7 Å². The van der Waals surface area contributed by atoms with E-state index in [9.17, 15) is 9.50 Å². The Bertz CT molecular complexity index is 587. The second-order valence-corrected chi connectivity index (χ2v) is 3.90. The van der Waals surface area contributed by atoms with Gasteiger partial charge in [0.25, 0.3) is 0 Å². The molecule has 1 heterocycles. The smallest absolute Gasteiger partial charge is 0.213 e. The van der Waals surface area contributed by atoms with Gasteiger partial charge in [0.15, 0.2) is 0 Å². The summed E-state index contributed by atoms with van der Waals surface area (Å²) in [6, 6.07) is 6.58. The van der Waals surface area contributed by atoms with Crippen LogP contribution in [0.4, 0.5) is 4.39 Å². The molecule has 4 nitrogen and oxygen atoms in total. The molecule has 0 unspecified atom stereocenters. The Kier molecular flexibility index (Phi) is 3.97. The Morgan fingerprint density at radius 1 is 1.16 bits per heavy atom. The molecule has 0 radical (unpaired) electrons. The monoisotopic (exact) mass is 263 g/mol. The van der Waals surface area contributed by atoms with Crippen LogP contribution in [0.1, 0.15) is 5.56 Å². The van der Waals surface area contributed by atoms with Crippen molar-refractivity contribution < 1.29 is 19.0 Å². The van der Waals surface area contributed by atoms with Gasteiger partial charge < -0.3 is 14.6 Å². The predicted molar refractivity (Wildman–Crippen MR) is 68.7 cm³/mol. The lowest BCUT2D eigenvalue weighted by Gasteiger charge is -2.11. The summed E-state index contributed by atoms with van der Waals surface area (Å²) in [5.74, 6) is 0.353. The number of hydrogen-bond donors (Lipinski definition) is 1. The predicted octanol–water partition coefficient (Wildman–Crippen LogP) is 2.40. The van der Waals surface area contributed by atoms with Crippen LogP contribution in [0, 0.1) is 5.82 Å². The van der Waals surface area contributed by atoms with Crippen molar-refractivity contribution >= 4 is 0 Å². The van der Waals surface area contributed by atoms with Gasteiger partial charge in [-0.15, -0.1) is 0 Å². The van der Waals surface area contributed by atoms with E-state index in [2.05, 4.69) is 4.98 Å². The molecule has 1 aromatic heterocycles. The number of aliphatic hydroxyl groups excluding tert-OH is 1. The van der Waals surface area contributed by atoms with Crippen molar-refractivity contribution in [1.29, 1.82) is 0 Å². The minimum atomic E-state index is -0.478. The molecule has 5 heteroatoms. The van der Waals surface area contributed by atoms with Crippen LogP contribution >= 0.6 is 0 Å². The third kappa shape index (κ3) is 2.66. The normalized spacial score (nSPS) is 10.3. The van der Waals surface area contributed by atoms with E-state index in [1.807, 2.05) is 0 Å². The maximum Gasteiger partial charge on any atom is 0.213 e. The molecule has 0 aliphatic carbocycles. The number of methoxy groups -OCH3 is 2. The standard InChI is InChI=1S/C14H14FNO3/c1-18-13-4-3-9(8-17)5-11(13)10-6-14(19-2)16-7-12(10)15/h3-7,17H,8H2,1-2H3. The van der Waals surface area contributed by atoms with Gasteiger partial charge in [0.1, 0.15) is 11.6 Å². The minimum Gasteiger partial charge on any atom is -0.496 e. The molecule has 1 N–H and O–H groups in total. The van der Waals surface area contributed by atoms with Crippen LogP contribution in [0.3, 0.4) is 0 Å². The van der Waals surface area contributed by atoms with Crippen molar-refractivity contribution in [3.05, 3.63) is 41.8 Å². The number of benzene rings is 1. The van der Waals surface area contributed by atoms with Gasteiger partial charge in [0.2, 0.25) is 5.88 Å². The summed E-state index contributed by atoms with van der Waals surface area (Å²) in [6.45, 7) is -0.124. The highest BCUT2D eigenvalue weighted by Crippen LogP contribution is 2.34. The Balaban J connectivity index is 2.62. The summed E-state index contributed by atoms with van der Waals surface area (Å²) in [7, 11) is 2.97. The zero-order valence-electron chi connectivity index (χ0n) is 10.7. The first-order valence-electron chi connectivity index (χ1n) is 5.67. The molecule has 2 aromatic rings. The molecule has 1 aromatic carbocycles. The molecule has 0 bridgehead atoms. The summed E-state index contributed by atoms with van der Waals surface area (Å²) in [4.78, 5) is 3.79. The fourth-order valence-electron chi connectivity index (χ4n) is 1.80. The molecule has 0 spiro atoms. The summed E-state index contributed by atoms with van der Waals surface area (Å²) in [5, 5.41) is 9.17. The van der Waals surface area contributed by atoms with Crippen molar-refractivity contribution in [1.82, 2.24) is 4.98 Å². The lowest BCUT2D eigenvalue weighted by molar-refractivity contribution is 0.281. The van der Waals surface area contributed by atoms with E-state index < -0.39 is 5.82 Å². The van der Waals surface area contributed by atoms with Crippen molar-refractivity contribution in [2.24, 2.45) is 0 Å². The van der Waals surface area contributed by atoms with E-state index in [1.54, 1.807) is 18.2 Å². The summed E-state index contributed by atoms with van der Waals surface area (Å²) in [5.41, 5.74) is 1.54. The SMILES string of the molecule is COc1cc(-c2cc(CO)ccc2OC)c(F)cn1.